The Hall–Kier alpha value is -1.34. The first-order chi connectivity index (χ1) is 8.48. The Labute approximate surface area is 103 Å². The summed E-state index contributed by atoms with van der Waals surface area (Å²) in [5, 5.41) is 0. The third kappa shape index (κ3) is 3.85. The molecule has 1 aromatic rings. The molecule has 1 fully saturated rings. The third-order valence-electron chi connectivity index (χ3n) is 2.80. The van der Waals surface area contributed by atoms with E-state index in [1.807, 2.05) is 0 Å². The van der Waals surface area contributed by atoms with Crippen LogP contribution in [0, 0.1) is 0 Å². The maximum Gasteiger partial charge on any atom is 0.401 e. The van der Waals surface area contributed by atoms with Gasteiger partial charge in [0.2, 0.25) is 0 Å². The lowest BCUT2D eigenvalue weighted by Crippen LogP contribution is -2.35. The predicted octanol–water partition coefficient (Wildman–Crippen LogP) is 1.89. The van der Waals surface area contributed by atoms with Crippen LogP contribution >= 0.6 is 0 Å². The largest absolute Gasteiger partial charge is 0.401 e. The number of hydrogen-bond acceptors (Lipinski definition) is 4. The van der Waals surface area contributed by atoms with Gasteiger partial charge < -0.3 is 5.43 Å². The zero-order valence-electron chi connectivity index (χ0n) is 9.74. The van der Waals surface area contributed by atoms with E-state index in [-0.39, 0.29) is 12.6 Å². The standard InChI is InChI=1S/C11H15F3N4/c12-11(13,14)7-18(9-2-3-9)6-8-1-4-10(17-15)16-5-8/h1,4-5,9H,2-3,6-7,15H2,(H,16,17). The molecule has 18 heavy (non-hydrogen) atoms. The molecule has 100 valence electrons. The van der Waals surface area contributed by atoms with Crippen molar-refractivity contribution < 1.29 is 13.2 Å². The minimum atomic E-state index is -4.16. The van der Waals surface area contributed by atoms with E-state index in [0.29, 0.717) is 5.82 Å². The number of nitrogens with one attached hydrogen (secondary N) is 1. The van der Waals surface area contributed by atoms with Crippen LogP contribution in [0.2, 0.25) is 0 Å². The zero-order valence-corrected chi connectivity index (χ0v) is 9.74. The SMILES string of the molecule is NNc1ccc(CN(CC(F)(F)F)C2CC2)cn1. The van der Waals surface area contributed by atoms with Crippen LogP contribution in [-0.4, -0.2) is 28.6 Å². The Morgan fingerprint density at radius 3 is 2.56 bits per heavy atom. The molecule has 1 aliphatic carbocycles. The van der Waals surface area contributed by atoms with Gasteiger partial charge in [0.1, 0.15) is 5.82 Å². The monoisotopic (exact) mass is 260 g/mol. The molecule has 0 atom stereocenters. The number of aromatic nitrogens is 1. The van der Waals surface area contributed by atoms with Gasteiger partial charge in [-0.2, -0.15) is 13.2 Å². The molecule has 4 nitrogen and oxygen atoms in total. The van der Waals surface area contributed by atoms with Gasteiger partial charge in [0.05, 0.1) is 6.54 Å². The van der Waals surface area contributed by atoms with Gasteiger partial charge >= 0.3 is 6.18 Å². The molecule has 0 unspecified atom stereocenters. The Morgan fingerprint density at radius 2 is 2.11 bits per heavy atom. The molecule has 1 saturated carbocycles. The van der Waals surface area contributed by atoms with Crippen LogP contribution in [0.5, 0.6) is 0 Å². The van der Waals surface area contributed by atoms with Crippen molar-refractivity contribution in [1.29, 1.82) is 0 Å². The summed E-state index contributed by atoms with van der Waals surface area (Å²) >= 11 is 0. The highest BCUT2D eigenvalue weighted by molar-refractivity contribution is 5.33. The normalized spacial score (nSPS) is 16.1. The first-order valence-corrected chi connectivity index (χ1v) is 5.70. The van der Waals surface area contributed by atoms with Crippen LogP contribution in [0.3, 0.4) is 0 Å². The summed E-state index contributed by atoms with van der Waals surface area (Å²) in [5.41, 5.74) is 3.13. The number of hydrogen-bond donors (Lipinski definition) is 2. The van der Waals surface area contributed by atoms with Crippen molar-refractivity contribution in [2.45, 2.75) is 31.6 Å². The molecule has 0 bridgehead atoms. The second-order valence-corrected chi connectivity index (χ2v) is 4.45. The molecule has 0 aromatic carbocycles. The lowest BCUT2D eigenvalue weighted by atomic mass is 10.2. The fraction of sp³-hybridized carbons (Fsp3) is 0.545. The van der Waals surface area contributed by atoms with Crippen LogP contribution < -0.4 is 11.3 Å². The van der Waals surface area contributed by atoms with Crippen molar-refractivity contribution in [2.75, 3.05) is 12.0 Å². The lowest BCUT2D eigenvalue weighted by Gasteiger charge is -2.23. The number of nitrogen functional groups attached to an aromatic ring is 1. The lowest BCUT2D eigenvalue weighted by molar-refractivity contribution is -0.148. The van der Waals surface area contributed by atoms with E-state index in [0.717, 1.165) is 18.4 Å². The van der Waals surface area contributed by atoms with E-state index in [1.165, 1.54) is 4.90 Å². The molecular formula is C11H15F3N4. The van der Waals surface area contributed by atoms with Crippen molar-refractivity contribution in [3.05, 3.63) is 23.9 Å². The molecule has 1 heterocycles. The van der Waals surface area contributed by atoms with Crippen molar-refractivity contribution in [3.63, 3.8) is 0 Å². The summed E-state index contributed by atoms with van der Waals surface area (Å²) < 4.78 is 37.3. The van der Waals surface area contributed by atoms with Crippen LogP contribution in [0.25, 0.3) is 0 Å². The molecule has 0 aliphatic heterocycles. The van der Waals surface area contributed by atoms with Gasteiger partial charge in [-0.1, -0.05) is 6.07 Å². The van der Waals surface area contributed by atoms with Gasteiger partial charge in [-0.05, 0) is 24.5 Å². The molecule has 2 rings (SSSR count). The van der Waals surface area contributed by atoms with E-state index < -0.39 is 12.7 Å². The average molecular weight is 260 g/mol. The van der Waals surface area contributed by atoms with Gasteiger partial charge in [0.15, 0.2) is 0 Å². The minimum Gasteiger partial charge on any atom is -0.308 e. The number of alkyl halides is 3. The summed E-state index contributed by atoms with van der Waals surface area (Å²) in [6.45, 7) is -0.601. The minimum absolute atomic E-state index is 0.0546. The van der Waals surface area contributed by atoms with E-state index in [9.17, 15) is 13.2 Å². The van der Waals surface area contributed by atoms with Gasteiger partial charge in [-0.25, -0.2) is 10.8 Å². The molecule has 0 saturated heterocycles. The Kier molecular flexibility index (Phi) is 3.72. The summed E-state index contributed by atoms with van der Waals surface area (Å²) in [4.78, 5) is 5.43. The van der Waals surface area contributed by atoms with Gasteiger partial charge in [0.25, 0.3) is 0 Å². The number of hydrazine groups is 1. The first-order valence-electron chi connectivity index (χ1n) is 5.70. The van der Waals surface area contributed by atoms with Crippen molar-refractivity contribution in [1.82, 2.24) is 9.88 Å². The first kappa shape index (κ1) is 13.1. The second kappa shape index (κ2) is 5.11. The van der Waals surface area contributed by atoms with Crippen molar-refractivity contribution in [3.8, 4) is 0 Å². The number of halogens is 3. The molecule has 7 heteroatoms. The van der Waals surface area contributed by atoms with Crippen molar-refractivity contribution in [2.24, 2.45) is 5.84 Å². The number of nitrogens with zero attached hydrogens (tertiary/aromatic N) is 2. The fourth-order valence-electron chi connectivity index (χ4n) is 1.82. The number of pyridine rings is 1. The number of rotatable bonds is 5. The Morgan fingerprint density at radius 1 is 1.39 bits per heavy atom. The highest BCUT2D eigenvalue weighted by Gasteiger charge is 2.37. The number of nitrogens with two attached hydrogens (primary N) is 1. The van der Waals surface area contributed by atoms with Crippen molar-refractivity contribution >= 4 is 5.82 Å². The van der Waals surface area contributed by atoms with E-state index in [4.69, 9.17) is 5.84 Å². The summed E-state index contributed by atoms with van der Waals surface area (Å²) in [6.07, 6.45) is -0.937. The fourth-order valence-corrected chi connectivity index (χ4v) is 1.82. The quantitative estimate of drug-likeness (QED) is 0.627. The third-order valence-corrected chi connectivity index (χ3v) is 2.80. The highest BCUT2D eigenvalue weighted by atomic mass is 19.4. The van der Waals surface area contributed by atoms with E-state index in [1.54, 1.807) is 18.3 Å². The maximum absolute atomic E-state index is 12.4. The van der Waals surface area contributed by atoms with Crippen LogP contribution in [0.1, 0.15) is 18.4 Å². The zero-order chi connectivity index (χ0) is 13.2. The summed E-state index contributed by atoms with van der Waals surface area (Å²) in [7, 11) is 0. The smallest absolute Gasteiger partial charge is 0.308 e. The maximum atomic E-state index is 12.4. The Bertz CT molecular complexity index is 386. The highest BCUT2D eigenvalue weighted by Crippen LogP contribution is 2.31. The average Bonchev–Trinajstić information content (AvgIpc) is 3.11. The molecule has 0 radical (unpaired) electrons. The van der Waals surface area contributed by atoms with Gasteiger partial charge in [-0.15, -0.1) is 0 Å². The molecular weight excluding hydrogens is 245 g/mol. The Balaban J connectivity index is 1.99. The predicted molar refractivity (Wildman–Crippen MR) is 61.5 cm³/mol. The summed E-state index contributed by atoms with van der Waals surface area (Å²) in [5.74, 6) is 5.66. The van der Waals surface area contributed by atoms with Gasteiger partial charge in [-0.3, -0.25) is 4.90 Å². The summed E-state index contributed by atoms with van der Waals surface area (Å²) in [6, 6.07) is 3.43. The molecule has 0 amide bonds. The molecule has 0 spiro atoms. The molecule has 1 aliphatic rings. The molecule has 3 N–H and O–H groups in total. The van der Waals surface area contributed by atoms with Crippen LogP contribution in [0.15, 0.2) is 18.3 Å². The molecule has 1 aromatic heterocycles. The van der Waals surface area contributed by atoms with Crippen LogP contribution in [0.4, 0.5) is 19.0 Å². The van der Waals surface area contributed by atoms with Crippen LogP contribution in [-0.2, 0) is 6.54 Å². The second-order valence-electron chi connectivity index (χ2n) is 4.45. The van der Waals surface area contributed by atoms with Gasteiger partial charge in [0, 0.05) is 18.8 Å². The number of anilines is 1. The van der Waals surface area contributed by atoms with E-state index >= 15 is 0 Å². The topological polar surface area (TPSA) is 54.2 Å². The van der Waals surface area contributed by atoms with E-state index in [2.05, 4.69) is 10.4 Å².